The molecule has 0 aromatic heterocycles. The van der Waals surface area contributed by atoms with Gasteiger partial charge in [0.05, 0.1) is 17.2 Å². The average molecular weight is 423 g/mol. The molecule has 0 atom stereocenters. The monoisotopic (exact) mass is 422 g/mol. The summed E-state index contributed by atoms with van der Waals surface area (Å²) in [6, 6.07) is 11.0. The SMILES string of the molecule is CCCCCNC(=O)CN(c1ccc(OCC)cc1)S(=O)(=O)c1ccc(F)cc1. The van der Waals surface area contributed by atoms with Crippen molar-refractivity contribution in [2.75, 3.05) is 24.0 Å². The number of amides is 1. The molecular weight excluding hydrogens is 395 g/mol. The molecule has 0 saturated carbocycles. The van der Waals surface area contributed by atoms with E-state index in [9.17, 15) is 17.6 Å². The van der Waals surface area contributed by atoms with E-state index < -0.39 is 21.7 Å². The van der Waals surface area contributed by atoms with Crippen molar-refractivity contribution in [1.82, 2.24) is 5.32 Å². The van der Waals surface area contributed by atoms with Crippen molar-refractivity contribution in [3.8, 4) is 5.75 Å². The molecule has 0 radical (unpaired) electrons. The number of carbonyl (C=O) groups is 1. The van der Waals surface area contributed by atoms with Crippen molar-refractivity contribution in [3.63, 3.8) is 0 Å². The lowest BCUT2D eigenvalue weighted by atomic mass is 10.2. The number of nitrogens with zero attached hydrogens (tertiary/aromatic N) is 1. The molecular formula is C21H27FN2O4S. The standard InChI is InChI=1S/C21H27FN2O4S/c1-3-5-6-15-23-21(25)16-24(18-9-11-19(12-10-18)28-4-2)29(26,27)20-13-7-17(22)8-14-20/h7-14H,3-6,15-16H2,1-2H3,(H,23,25). The number of ether oxygens (including phenoxy) is 1. The number of anilines is 1. The highest BCUT2D eigenvalue weighted by Gasteiger charge is 2.27. The van der Waals surface area contributed by atoms with Crippen LogP contribution in [-0.2, 0) is 14.8 Å². The molecule has 0 unspecified atom stereocenters. The first-order chi connectivity index (χ1) is 13.9. The molecule has 0 bridgehead atoms. The summed E-state index contributed by atoms with van der Waals surface area (Å²) < 4.78 is 46.0. The molecule has 2 aromatic carbocycles. The predicted molar refractivity (Wildman–Crippen MR) is 111 cm³/mol. The van der Waals surface area contributed by atoms with Crippen LogP contribution in [0.15, 0.2) is 53.4 Å². The third kappa shape index (κ3) is 6.45. The Morgan fingerprint density at radius 3 is 2.28 bits per heavy atom. The summed E-state index contributed by atoms with van der Waals surface area (Å²) in [4.78, 5) is 12.3. The highest BCUT2D eigenvalue weighted by molar-refractivity contribution is 7.92. The van der Waals surface area contributed by atoms with Crippen LogP contribution in [0.1, 0.15) is 33.1 Å². The average Bonchev–Trinajstić information content (AvgIpc) is 2.71. The van der Waals surface area contributed by atoms with Crippen molar-refractivity contribution in [3.05, 3.63) is 54.3 Å². The lowest BCUT2D eigenvalue weighted by Crippen LogP contribution is -2.41. The van der Waals surface area contributed by atoms with Gasteiger partial charge in [-0.15, -0.1) is 0 Å². The van der Waals surface area contributed by atoms with Gasteiger partial charge >= 0.3 is 0 Å². The van der Waals surface area contributed by atoms with Crippen LogP contribution in [-0.4, -0.2) is 34.0 Å². The molecule has 2 rings (SSSR count). The van der Waals surface area contributed by atoms with Gasteiger partial charge in [0.1, 0.15) is 18.1 Å². The van der Waals surface area contributed by atoms with Crippen molar-refractivity contribution >= 4 is 21.6 Å². The summed E-state index contributed by atoms with van der Waals surface area (Å²) in [5.74, 6) is -0.342. The molecule has 0 aliphatic carbocycles. The second kappa shape index (κ2) is 10.8. The van der Waals surface area contributed by atoms with Crippen LogP contribution in [0.2, 0.25) is 0 Å². The molecule has 0 aliphatic heterocycles. The van der Waals surface area contributed by atoms with E-state index >= 15 is 0 Å². The minimum Gasteiger partial charge on any atom is -0.494 e. The Morgan fingerprint density at radius 1 is 1.03 bits per heavy atom. The minimum atomic E-state index is -4.06. The van der Waals surface area contributed by atoms with E-state index in [-0.39, 0.29) is 11.4 Å². The van der Waals surface area contributed by atoms with Gasteiger partial charge in [-0.1, -0.05) is 19.8 Å². The molecule has 1 N–H and O–H groups in total. The minimum absolute atomic E-state index is 0.0911. The summed E-state index contributed by atoms with van der Waals surface area (Å²) >= 11 is 0. The predicted octanol–water partition coefficient (Wildman–Crippen LogP) is 3.73. The lowest BCUT2D eigenvalue weighted by Gasteiger charge is -2.24. The van der Waals surface area contributed by atoms with Crippen LogP contribution in [0.25, 0.3) is 0 Å². The summed E-state index contributed by atoms with van der Waals surface area (Å²) in [6.45, 7) is 4.50. The molecule has 0 saturated heterocycles. The van der Waals surface area contributed by atoms with E-state index in [1.165, 1.54) is 12.1 Å². The smallest absolute Gasteiger partial charge is 0.264 e. The Hall–Kier alpha value is -2.61. The zero-order chi connectivity index (χ0) is 21.3. The van der Waals surface area contributed by atoms with Gasteiger partial charge in [-0.05, 0) is 61.9 Å². The van der Waals surface area contributed by atoms with Gasteiger partial charge in [-0.3, -0.25) is 9.10 Å². The van der Waals surface area contributed by atoms with Crippen molar-refractivity contribution < 1.29 is 22.3 Å². The van der Waals surface area contributed by atoms with Crippen molar-refractivity contribution in [2.45, 2.75) is 38.0 Å². The number of rotatable bonds is 11. The zero-order valence-electron chi connectivity index (χ0n) is 16.7. The molecule has 8 heteroatoms. The third-order valence-corrected chi connectivity index (χ3v) is 6.02. The van der Waals surface area contributed by atoms with Crippen LogP contribution in [0.3, 0.4) is 0 Å². The number of hydrogen-bond acceptors (Lipinski definition) is 4. The first-order valence-corrected chi connectivity index (χ1v) is 11.1. The molecule has 0 spiro atoms. The van der Waals surface area contributed by atoms with E-state index in [0.717, 1.165) is 35.7 Å². The summed E-state index contributed by atoms with van der Waals surface area (Å²) in [5, 5.41) is 2.75. The van der Waals surface area contributed by atoms with E-state index in [0.29, 0.717) is 24.6 Å². The Balaban J connectivity index is 2.29. The molecule has 1 amide bonds. The topological polar surface area (TPSA) is 75.7 Å². The number of halogens is 1. The van der Waals surface area contributed by atoms with Crippen molar-refractivity contribution in [2.24, 2.45) is 0 Å². The normalized spacial score (nSPS) is 11.1. The fourth-order valence-corrected chi connectivity index (χ4v) is 4.13. The van der Waals surface area contributed by atoms with Gasteiger partial charge in [0.15, 0.2) is 0 Å². The maximum atomic E-state index is 13.2. The number of carbonyl (C=O) groups excluding carboxylic acids is 1. The highest BCUT2D eigenvalue weighted by Crippen LogP contribution is 2.26. The van der Waals surface area contributed by atoms with Gasteiger partial charge < -0.3 is 10.1 Å². The maximum Gasteiger partial charge on any atom is 0.264 e. The van der Waals surface area contributed by atoms with Crippen LogP contribution in [0.4, 0.5) is 10.1 Å². The number of benzene rings is 2. The Morgan fingerprint density at radius 2 is 1.69 bits per heavy atom. The highest BCUT2D eigenvalue weighted by atomic mass is 32.2. The van der Waals surface area contributed by atoms with Gasteiger partial charge in [0.2, 0.25) is 5.91 Å². The van der Waals surface area contributed by atoms with Gasteiger partial charge in [-0.25, -0.2) is 12.8 Å². The maximum absolute atomic E-state index is 13.2. The molecule has 158 valence electrons. The first kappa shape index (κ1) is 22.7. The largest absolute Gasteiger partial charge is 0.494 e. The molecule has 0 heterocycles. The summed E-state index contributed by atoms with van der Waals surface area (Å²) in [7, 11) is -4.06. The quantitative estimate of drug-likeness (QED) is 0.560. The van der Waals surface area contributed by atoms with E-state index in [1.54, 1.807) is 24.3 Å². The summed E-state index contributed by atoms with van der Waals surface area (Å²) in [5.41, 5.74) is 0.321. The number of sulfonamides is 1. The van der Waals surface area contributed by atoms with E-state index in [2.05, 4.69) is 12.2 Å². The fourth-order valence-electron chi connectivity index (χ4n) is 2.71. The van der Waals surface area contributed by atoms with Gasteiger partial charge in [0.25, 0.3) is 10.0 Å². The van der Waals surface area contributed by atoms with E-state index in [4.69, 9.17) is 4.74 Å². The van der Waals surface area contributed by atoms with Gasteiger partial charge in [0, 0.05) is 6.54 Å². The molecule has 0 fully saturated rings. The van der Waals surface area contributed by atoms with Crippen molar-refractivity contribution in [1.29, 1.82) is 0 Å². The van der Waals surface area contributed by atoms with Gasteiger partial charge in [-0.2, -0.15) is 0 Å². The zero-order valence-corrected chi connectivity index (χ0v) is 17.5. The molecule has 2 aromatic rings. The van der Waals surface area contributed by atoms with Crippen LogP contribution >= 0.6 is 0 Å². The first-order valence-electron chi connectivity index (χ1n) is 9.66. The lowest BCUT2D eigenvalue weighted by molar-refractivity contribution is -0.119. The summed E-state index contributed by atoms with van der Waals surface area (Å²) in [6.07, 6.45) is 2.83. The van der Waals surface area contributed by atoms with Crippen LogP contribution in [0.5, 0.6) is 5.75 Å². The molecule has 6 nitrogen and oxygen atoms in total. The molecule has 0 aliphatic rings. The second-order valence-corrected chi connectivity index (χ2v) is 8.31. The van der Waals surface area contributed by atoms with Crippen LogP contribution < -0.4 is 14.4 Å². The fraction of sp³-hybridized carbons (Fsp3) is 0.381. The second-order valence-electron chi connectivity index (χ2n) is 6.45. The Labute approximate surface area is 171 Å². The number of nitrogens with one attached hydrogen (secondary N) is 1. The Kier molecular flexibility index (Phi) is 8.45. The number of hydrogen-bond donors (Lipinski definition) is 1. The van der Waals surface area contributed by atoms with E-state index in [1.807, 2.05) is 6.92 Å². The number of unbranched alkanes of at least 4 members (excludes halogenated alkanes) is 2. The van der Waals surface area contributed by atoms with Crippen LogP contribution in [0, 0.1) is 5.82 Å². The molecule has 29 heavy (non-hydrogen) atoms. The Bertz CT molecular complexity index is 884. The third-order valence-electron chi connectivity index (χ3n) is 4.23.